The molecule has 0 aliphatic rings. The Labute approximate surface area is 67.8 Å². The number of aliphatic carboxylic acids is 2. The summed E-state index contributed by atoms with van der Waals surface area (Å²) in [7, 11) is 0. The molecule has 4 nitrogen and oxygen atoms in total. The minimum absolute atomic E-state index is 0. The van der Waals surface area contributed by atoms with Gasteiger partial charge in [-0.1, -0.05) is 0 Å². The third kappa shape index (κ3) is 2050. The van der Waals surface area contributed by atoms with Gasteiger partial charge in [-0.05, 0) is 13.8 Å². The van der Waals surface area contributed by atoms with Crippen molar-refractivity contribution in [2.75, 3.05) is 0 Å². The number of hydrogen-bond acceptors (Lipinski definition) is 4. The molecular weight excluding hydrogens is 160 g/mol. The second kappa shape index (κ2) is 10.6. The zero-order chi connectivity index (χ0) is 7.15. The normalized spacial score (nSPS) is 5.56. The van der Waals surface area contributed by atoms with Crippen LogP contribution >= 0.6 is 0 Å². The molecule has 0 aliphatic carbocycles. The molecule has 0 saturated carbocycles. The largest absolute Gasteiger partial charge is 4.00 e. The average molecular weight is 166 g/mol. The molecule has 0 N–H and O–H groups in total. The van der Waals surface area contributed by atoms with Crippen molar-refractivity contribution in [1.29, 1.82) is 0 Å². The van der Waals surface area contributed by atoms with Crippen LogP contribution in [0, 0.1) is 0 Å². The van der Waals surface area contributed by atoms with Gasteiger partial charge in [-0.15, -0.1) is 0 Å². The summed E-state index contributed by atoms with van der Waals surface area (Å²) in [5, 5.41) is 17.8. The third-order valence-electron chi connectivity index (χ3n) is 0. The summed E-state index contributed by atoms with van der Waals surface area (Å²) in [5.41, 5.74) is 0. The predicted octanol–water partition coefficient (Wildman–Crippen LogP) is -2.49. The fourth-order valence-electron chi connectivity index (χ4n) is 0. The molecule has 0 fully saturated rings. The smallest absolute Gasteiger partial charge is 0.550 e. The first-order valence-corrected chi connectivity index (χ1v) is 1.82. The van der Waals surface area contributed by atoms with Crippen LogP contribution in [-0.2, 0) is 31.3 Å². The molecule has 5 heteroatoms. The van der Waals surface area contributed by atoms with Gasteiger partial charge in [-0.3, -0.25) is 0 Å². The maximum absolute atomic E-state index is 8.89. The van der Waals surface area contributed by atoms with Crippen LogP contribution in [0.2, 0.25) is 0 Å². The molecule has 0 atom stereocenters. The van der Waals surface area contributed by atoms with Crippen molar-refractivity contribution in [2.24, 2.45) is 0 Å². The first-order valence-electron chi connectivity index (χ1n) is 1.82. The van der Waals surface area contributed by atoms with E-state index in [0.717, 1.165) is 13.8 Å². The minimum atomic E-state index is -1.08. The maximum Gasteiger partial charge on any atom is 4.00 e. The number of carboxylic acid groups (broad SMARTS) is 2. The van der Waals surface area contributed by atoms with Gasteiger partial charge in [-0.25, -0.2) is 0 Å². The Morgan fingerprint density at radius 2 is 1.00 bits per heavy atom. The van der Waals surface area contributed by atoms with Crippen LogP contribution in [0.3, 0.4) is 0 Å². The molecule has 0 aromatic rings. The first-order chi connectivity index (χ1) is 3.46. The van der Waals surface area contributed by atoms with Gasteiger partial charge in [-0.2, -0.15) is 0 Å². The molecule has 0 aromatic carbocycles. The third-order valence-corrected chi connectivity index (χ3v) is 0. The predicted molar refractivity (Wildman–Crippen MR) is 21.4 cm³/mol. The SMILES string of the molecule is CC(=O)[O-].CC(=O)[O-].[Ti+4]. The zero-order valence-electron chi connectivity index (χ0n) is 5.13. The zero-order valence-corrected chi connectivity index (χ0v) is 6.69. The van der Waals surface area contributed by atoms with Crippen LogP contribution in [0.1, 0.15) is 13.8 Å². The fraction of sp³-hybridized carbons (Fsp3) is 0.500. The van der Waals surface area contributed by atoms with E-state index in [-0.39, 0.29) is 21.7 Å². The maximum atomic E-state index is 8.89. The van der Waals surface area contributed by atoms with E-state index in [2.05, 4.69) is 0 Å². The summed E-state index contributed by atoms with van der Waals surface area (Å²) in [6.45, 7) is 1.94. The van der Waals surface area contributed by atoms with Crippen molar-refractivity contribution < 1.29 is 41.5 Å². The van der Waals surface area contributed by atoms with Gasteiger partial charge in [0.25, 0.3) is 0 Å². The van der Waals surface area contributed by atoms with Gasteiger partial charge in [0.2, 0.25) is 0 Å². The number of hydrogen-bond donors (Lipinski definition) is 0. The molecule has 0 radical (unpaired) electrons. The Hall–Kier alpha value is -0.346. The van der Waals surface area contributed by atoms with Gasteiger partial charge >= 0.3 is 21.7 Å². The summed E-state index contributed by atoms with van der Waals surface area (Å²) < 4.78 is 0. The molecule has 0 aliphatic heterocycles. The summed E-state index contributed by atoms with van der Waals surface area (Å²) in [6, 6.07) is 0. The number of carbonyl (C=O) groups excluding carboxylic acids is 2. The monoisotopic (exact) mass is 166 g/mol. The summed E-state index contributed by atoms with van der Waals surface area (Å²) in [4.78, 5) is 17.8. The van der Waals surface area contributed by atoms with E-state index in [1.165, 1.54) is 0 Å². The summed E-state index contributed by atoms with van der Waals surface area (Å²) >= 11 is 0. The van der Waals surface area contributed by atoms with Crippen LogP contribution in [-0.4, -0.2) is 11.9 Å². The molecule has 0 spiro atoms. The Bertz CT molecular complexity index is 70.6. The molecule has 0 aromatic heterocycles. The van der Waals surface area contributed by atoms with Crippen molar-refractivity contribution in [3.8, 4) is 0 Å². The van der Waals surface area contributed by atoms with E-state index in [1.54, 1.807) is 0 Å². The molecule has 0 saturated heterocycles. The van der Waals surface area contributed by atoms with Crippen LogP contribution in [0.15, 0.2) is 0 Å². The van der Waals surface area contributed by atoms with Gasteiger partial charge < -0.3 is 19.8 Å². The van der Waals surface area contributed by atoms with E-state index < -0.39 is 11.9 Å². The fourth-order valence-corrected chi connectivity index (χ4v) is 0. The quantitative estimate of drug-likeness (QED) is 0.373. The molecule has 0 heterocycles. The van der Waals surface area contributed by atoms with Gasteiger partial charge in [0.05, 0.1) is 0 Å². The van der Waals surface area contributed by atoms with E-state index in [9.17, 15) is 0 Å². The van der Waals surface area contributed by atoms with Crippen molar-refractivity contribution >= 4 is 11.9 Å². The topological polar surface area (TPSA) is 80.3 Å². The molecular formula is C4H6O4Ti+2. The Kier molecular flexibility index (Phi) is 18.7. The van der Waals surface area contributed by atoms with Crippen molar-refractivity contribution in [2.45, 2.75) is 13.8 Å². The van der Waals surface area contributed by atoms with E-state index in [4.69, 9.17) is 19.8 Å². The van der Waals surface area contributed by atoms with Crippen LogP contribution in [0.4, 0.5) is 0 Å². The van der Waals surface area contributed by atoms with Gasteiger partial charge in [0.1, 0.15) is 0 Å². The molecule has 9 heavy (non-hydrogen) atoms. The van der Waals surface area contributed by atoms with Crippen molar-refractivity contribution in [1.82, 2.24) is 0 Å². The summed E-state index contributed by atoms with van der Waals surface area (Å²) in [5.74, 6) is -2.17. The number of carbonyl (C=O) groups is 2. The molecule has 0 unspecified atom stereocenters. The van der Waals surface area contributed by atoms with E-state index in [1.807, 2.05) is 0 Å². The second-order valence-corrected chi connectivity index (χ2v) is 0.983. The van der Waals surface area contributed by atoms with Crippen molar-refractivity contribution in [3.63, 3.8) is 0 Å². The molecule has 0 rings (SSSR count). The van der Waals surface area contributed by atoms with Crippen LogP contribution in [0.5, 0.6) is 0 Å². The van der Waals surface area contributed by atoms with E-state index in [0.29, 0.717) is 0 Å². The average Bonchev–Trinajstić information content (AvgIpc) is 1.25. The van der Waals surface area contributed by atoms with Gasteiger partial charge in [0.15, 0.2) is 0 Å². The number of rotatable bonds is 0. The van der Waals surface area contributed by atoms with E-state index >= 15 is 0 Å². The first kappa shape index (κ1) is 15.9. The van der Waals surface area contributed by atoms with Crippen molar-refractivity contribution in [3.05, 3.63) is 0 Å². The van der Waals surface area contributed by atoms with Gasteiger partial charge in [0, 0.05) is 11.9 Å². The Balaban J connectivity index is -0.0000000720. The standard InChI is InChI=1S/2C2H4O2.Ti/c2*1-2(3)4;/h2*1H3,(H,3,4);/q;;+4/p-2. The summed E-state index contributed by atoms with van der Waals surface area (Å²) in [6.07, 6.45) is 0. The second-order valence-electron chi connectivity index (χ2n) is 0.983. The Morgan fingerprint density at radius 3 is 1.00 bits per heavy atom. The Morgan fingerprint density at radius 1 is 1.00 bits per heavy atom. The molecule has 48 valence electrons. The van der Waals surface area contributed by atoms with Crippen LogP contribution < -0.4 is 10.2 Å². The molecule has 0 bridgehead atoms. The minimum Gasteiger partial charge on any atom is -0.550 e. The molecule has 0 amide bonds. The number of carboxylic acids is 2. The van der Waals surface area contributed by atoms with Crippen LogP contribution in [0.25, 0.3) is 0 Å².